The number of aromatic nitrogens is 4. The van der Waals surface area contributed by atoms with Crippen molar-refractivity contribution < 1.29 is 9.13 Å². The molecule has 5 nitrogen and oxygen atoms in total. The Balaban J connectivity index is 1.62. The molecule has 0 aliphatic carbocycles. The number of nitrogens with zero attached hydrogens (tertiary/aromatic N) is 4. The summed E-state index contributed by atoms with van der Waals surface area (Å²) >= 11 is 1.29. The first-order valence-electron chi connectivity index (χ1n) is 6.90. The maximum atomic E-state index is 13.5. The fraction of sp³-hybridized carbons (Fsp3) is 0.0625. The predicted octanol–water partition coefficient (Wildman–Crippen LogP) is 4.09. The van der Waals surface area contributed by atoms with Gasteiger partial charge in [0, 0.05) is 24.0 Å². The molecular weight excluding hydrogens is 315 g/mol. The molecule has 3 aromatic heterocycles. The molecule has 1 aromatic carbocycles. The number of aryl methyl sites for hydroxylation is 1. The largest absolute Gasteiger partial charge is 0.430 e. The Bertz CT molecular complexity index is 949. The standard InChI is InChI=1S/C16H11FN4OS/c1-10-4-5-12(7-13(10)17)22-16-20-21-9-14(19-15(21)23-16)11-3-2-6-18-8-11/h2-9H,1H3. The van der Waals surface area contributed by atoms with Crippen molar-refractivity contribution in [1.29, 1.82) is 0 Å². The summed E-state index contributed by atoms with van der Waals surface area (Å²) in [6, 6.07) is 8.52. The lowest BCUT2D eigenvalue weighted by Crippen LogP contribution is -1.88. The van der Waals surface area contributed by atoms with Gasteiger partial charge in [0.1, 0.15) is 11.6 Å². The first-order valence-corrected chi connectivity index (χ1v) is 7.71. The third-order valence-corrected chi connectivity index (χ3v) is 4.13. The van der Waals surface area contributed by atoms with Crippen molar-refractivity contribution >= 4 is 16.3 Å². The summed E-state index contributed by atoms with van der Waals surface area (Å²) in [5, 5.41) is 4.72. The molecule has 0 bridgehead atoms. The van der Waals surface area contributed by atoms with Gasteiger partial charge in [-0.2, -0.15) is 0 Å². The summed E-state index contributed by atoms with van der Waals surface area (Å²) in [7, 11) is 0. The molecule has 0 saturated heterocycles. The Morgan fingerprint density at radius 3 is 2.91 bits per heavy atom. The van der Waals surface area contributed by atoms with Gasteiger partial charge in [0.25, 0.3) is 5.19 Å². The topological polar surface area (TPSA) is 52.3 Å². The monoisotopic (exact) mass is 326 g/mol. The van der Waals surface area contributed by atoms with Crippen LogP contribution in [0.5, 0.6) is 10.9 Å². The number of fused-ring (bicyclic) bond motifs is 1. The average molecular weight is 326 g/mol. The first-order chi connectivity index (χ1) is 11.2. The van der Waals surface area contributed by atoms with Crippen LogP contribution in [0.4, 0.5) is 4.39 Å². The predicted molar refractivity (Wildman–Crippen MR) is 85.3 cm³/mol. The quantitative estimate of drug-likeness (QED) is 0.569. The van der Waals surface area contributed by atoms with Gasteiger partial charge in [-0.1, -0.05) is 6.07 Å². The zero-order valence-electron chi connectivity index (χ0n) is 12.1. The molecule has 23 heavy (non-hydrogen) atoms. The van der Waals surface area contributed by atoms with E-state index in [1.54, 1.807) is 36.0 Å². The number of imidazole rings is 1. The highest BCUT2D eigenvalue weighted by atomic mass is 32.1. The normalized spacial score (nSPS) is 11.0. The average Bonchev–Trinajstić information content (AvgIpc) is 3.10. The number of hydrogen-bond acceptors (Lipinski definition) is 5. The fourth-order valence-corrected chi connectivity index (χ4v) is 2.87. The van der Waals surface area contributed by atoms with Crippen molar-refractivity contribution in [3.8, 4) is 22.2 Å². The highest BCUT2D eigenvalue weighted by Gasteiger charge is 2.11. The van der Waals surface area contributed by atoms with Gasteiger partial charge in [-0.3, -0.25) is 4.98 Å². The van der Waals surface area contributed by atoms with Crippen LogP contribution < -0.4 is 4.74 Å². The third-order valence-electron chi connectivity index (χ3n) is 3.33. The van der Waals surface area contributed by atoms with Crippen LogP contribution in [-0.2, 0) is 0 Å². The van der Waals surface area contributed by atoms with Crippen LogP contribution in [-0.4, -0.2) is 19.6 Å². The number of benzene rings is 1. The van der Waals surface area contributed by atoms with E-state index in [2.05, 4.69) is 15.1 Å². The zero-order valence-corrected chi connectivity index (χ0v) is 12.9. The van der Waals surface area contributed by atoms with Gasteiger partial charge in [0.15, 0.2) is 0 Å². The minimum atomic E-state index is -0.303. The summed E-state index contributed by atoms with van der Waals surface area (Å²) < 4.78 is 20.8. The van der Waals surface area contributed by atoms with Crippen molar-refractivity contribution in [3.05, 3.63) is 60.3 Å². The molecule has 0 radical (unpaired) electrons. The van der Waals surface area contributed by atoms with Crippen LogP contribution in [0.15, 0.2) is 48.9 Å². The lowest BCUT2D eigenvalue weighted by atomic mass is 10.2. The van der Waals surface area contributed by atoms with Crippen LogP contribution in [0.25, 0.3) is 16.2 Å². The summed E-state index contributed by atoms with van der Waals surface area (Å²) in [4.78, 5) is 9.28. The van der Waals surface area contributed by atoms with E-state index in [1.807, 2.05) is 18.3 Å². The Labute approximate surface area is 135 Å². The smallest absolute Gasteiger partial charge is 0.299 e. The fourth-order valence-electron chi connectivity index (χ4n) is 2.11. The van der Waals surface area contributed by atoms with Crippen molar-refractivity contribution in [2.24, 2.45) is 0 Å². The molecule has 0 spiro atoms. The summed E-state index contributed by atoms with van der Waals surface area (Å²) in [5.74, 6) is 0.111. The van der Waals surface area contributed by atoms with Crippen molar-refractivity contribution in [1.82, 2.24) is 19.6 Å². The minimum Gasteiger partial charge on any atom is -0.430 e. The van der Waals surface area contributed by atoms with Gasteiger partial charge in [-0.25, -0.2) is 13.9 Å². The van der Waals surface area contributed by atoms with E-state index in [0.29, 0.717) is 21.5 Å². The second-order valence-corrected chi connectivity index (χ2v) is 5.89. The van der Waals surface area contributed by atoms with Crippen LogP contribution in [0.2, 0.25) is 0 Å². The van der Waals surface area contributed by atoms with E-state index in [4.69, 9.17) is 4.74 Å². The third kappa shape index (κ3) is 2.66. The van der Waals surface area contributed by atoms with Crippen molar-refractivity contribution in [3.63, 3.8) is 0 Å². The van der Waals surface area contributed by atoms with E-state index in [0.717, 1.165) is 11.3 Å². The van der Waals surface area contributed by atoms with E-state index in [9.17, 15) is 4.39 Å². The maximum absolute atomic E-state index is 13.5. The SMILES string of the molecule is Cc1ccc(Oc2nn3cc(-c4cccnc4)nc3s2)cc1F. The zero-order chi connectivity index (χ0) is 15.8. The molecule has 0 atom stereocenters. The number of hydrogen-bond donors (Lipinski definition) is 0. The number of halogens is 1. The van der Waals surface area contributed by atoms with Crippen LogP contribution in [0, 0.1) is 12.7 Å². The Kier molecular flexibility index (Phi) is 3.27. The second kappa shape index (κ2) is 5.44. The van der Waals surface area contributed by atoms with Gasteiger partial charge in [0.05, 0.1) is 11.9 Å². The van der Waals surface area contributed by atoms with Gasteiger partial charge in [0.2, 0.25) is 4.96 Å². The first kappa shape index (κ1) is 13.8. The van der Waals surface area contributed by atoms with E-state index >= 15 is 0 Å². The number of pyridine rings is 1. The molecule has 0 aliphatic heterocycles. The van der Waals surface area contributed by atoms with E-state index in [1.165, 1.54) is 17.4 Å². The summed E-state index contributed by atoms with van der Waals surface area (Å²) in [6.07, 6.45) is 5.27. The number of rotatable bonds is 3. The molecule has 0 unspecified atom stereocenters. The Hall–Kier alpha value is -2.80. The molecular formula is C16H11FN4OS. The minimum absolute atomic E-state index is 0.303. The molecule has 0 amide bonds. The summed E-state index contributed by atoms with van der Waals surface area (Å²) in [6.45, 7) is 1.70. The number of ether oxygens (including phenoxy) is 1. The second-order valence-electron chi connectivity index (χ2n) is 4.98. The van der Waals surface area contributed by atoms with Gasteiger partial charge in [-0.15, -0.1) is 5.10 Å². The maximum Gasteiger partial charge on any atom is 0.299 e. The molecule has 4 rings (SSSR count). The Morgan fingerprint density at radius 1 is 1.26 bits per heavy atom. The molecule has 0 fully saturated rings. The molecule has 0 N–H and O–H groups in total. The Morgan fingerprint density at radius 2 is 2.17 bits per heavy atom. The molecule has 3 heterocycles. The van der Waals surface area contributed by atoms with Crippen LogP contribution in [0.3, 0.4) is 0 Å². The van der Waals surface area contributed by atoms with Gasteiger partial charge < -0.3 is 4.74 Å². The highest BCUT2D eigenvalue weighted by Crippen LogP contribution is 2.29. The van der Waals surface area contributed by atoms with Crippen molar-refractivity contribution in [2.45, 2.75) is 6.92 Å². The molecule has 114 valence electrons. The van der Waals surface area contributed by atoms with Gasteiger partial charge in [-0.05, 0) is 42.0 Å². The van der Waals surface area contributed by atoms with E-state index < -0.39 is 0 Å². The molecule has 4 aromatic rings. The highest BCUT2D eigenvalue weighted by molar-refractivity contribution is 7.18. The van der Waals surface area contributed by atoms with E-state index in [-0.39, 0.29) is 5.82 Å². The van der Waals surface area contributed by atoms with Crippen LogP contribution in [0.1, 0.15) is 5.56 Å². The van der Waals surface area contributed by atoms with Crippen LogP contribution >= 0.6 is 11.3 Å². The molecule has 7 heteroatoms. The molecule has 0 aliphatic rings. The van der Waals surface area contributed by atoms with Crippen molar-refractivity contribution in [2.75, 3.05) is 0 Å². The lowest BCUT2D eigenvalue weighted by molar-refractivity contribution is 0.465. The lowest BCUT2D eigenvalue weighted by Gasteiger charge is -2.02. The van der Waals surface area contributed by atoms with Gasteiger partial charge >= 0.3 is 0 Å². The summed E-state index contributed by atoms with van der Waals surface area (Å²) in [5.41, 5.74) is 2.30. The molecule has 0 saturated carbocycles.